The molecule has 0 saturated heterocycles. The molecule has 0 radical (unpaired) electrons. The molecule has 0 aliphatic rings. The van der Waals surface area contributed by atoms with E-state index in [2.05, 4.69) is 4.98 Å². The van der Waals surface area contributed by atoms with Crippen molar-refractivity contribution in [2.75, 3.05) is 0 Å². The summed E-state index contributed by atoms with van der Waals surface area (Å²) in [6.07, 6.45) is 0.654. The molecule has 0 fully saturated rings. The van der Waals surface area contributed by atoms with Gasteiger partial charge in [-0.1, -0.05) is 34.5 Å². The van der Waals surface area contributed by atoms with Crippen molar-refractivity contribution >= 4 is 40.8 Å². The van der Waals surface area contributed by atoms with E-state index in [4.69, 9.17) is 27.9 Å². The molecule has 88 valence electrons. The van der Waals surface area contributed by atoms with Crippen LogP contribution in [0.2, 0.25) is 10.2 Å². The molecule has 0 aliphatic carbocycles. The fraction of sp³-hybridized carbons (Fsp3) is 0.0909. The van der Waals surface area contributed by atoms with E-state index in [1.165, 1.54) is 0 Å². The Morgan fingerprint density at radius 2 is 2.18 bits per heavy atom. The predicted molar refractivity (Wildman–Crippen MR) is 68.8 cm³/mol. The number of nitrogens with zero attached hydrogens (tertiary/aromatic N) is 1. The van der Waals surface area contributed by atoms with Crippen molar-refractivity contribution in [3.8, 4) is 10.9 Å². The number of rotatable bonds is 3. The quantitative estimate of drug-likeness (QED) is 0.787. The second-order valence-corrected chi connectivity index (χ2v) is 5.05. The van der Waals surface area contributed by atoms with E-state index in [0.717, 1.165) is 16.9 Å². The molecule has 0 aliphatic heterocycles. The highest BCUT2D eigenvalue weighted by molar-refractivity contribution is 7.15. The van der Waals surface area contributed by atoms with Gasteiger partial charge in [0.15, 0.2) is 11.4 Å². The zero-order chi connectivity index (χ0) is 12.4. The average molecular weight is 288 g/mol. The van der Waals surface area contributed by atoms with Crippen molar-refractivity contribution in [2.45, 2.75) is 6.92 Å². The second kappa shape index (κ2) is 5.04. The molecule has 1 aromatic heterocycles. The summed E-state index contributed by atoms with van der Waals surface area (Å²) in [5.41, 5.74) is 0.886. The molecule has 0 spiro atoms. The van der Waals surface area contributed by atoms with E-state index in [9.17, 15) is 4.79 Å². The van der Waals surface area contributed by atoms with Crippen LogP contribution in [0.4, 0.5) is 0 Å². The van der Waals surface area contributed by atoms with Crippen LogP contribution in [0.5, 0.6) is 10.9 Å². The summed E-state index contributed by atoms with van der Waals surface area (Å²) in [7, 11) is 0. The number of hydrogen-bond acceptors (Lipinski definition) is 4. The minimum absolute atomic E-state index is 0.159. The number of thiazole rings is 1. The van der Waals surface area contributed by atoms with Crippen LogP contribution in [0.25, 0.3) is 0 Å². The molecular weight excluding hydrogens is 281 g/mol. The molecule has 0 atom stereocenters. The first-order valence-electron chi connectivity index (χ1n) is 4.65. The van der Waals surface area contributed by atoms with Gasteiger partial charge in [-0.05, 0) is 30.7 Å². The Bertz CT molecular complexity index is 569. The molecule has 0 N–H and O–H groups in total. The zero-order valence-corrected chi connectivity index (χ0v) is 11.1. The lowest BCUT2D eigenvalue weighted by molar-refractivity contribution is 0.112. The third-order valence-corrected chi connectivity index (χ3v) is 3.53. The number of aryl methyl sites for hydroxylation is 1. The molecule has 3 nitrogen and oxygen atoms in total. The number of benzene rings is 1. The lowest BCUT2D eigenvalue weighted by Gasteiger charge is -2.05. The van der Waals surface area contributed by atoms with Crippen molar-refractivity contribution < 1.29 is 9.53 Å². The minimum atomic E-state index is 0.159. The van der Waals surface area contributed by atoms with Crippen molar-refractivity contribution in [3.05, 3.63) is 38.8 Å². The van der Waals surface area contributed by atoms with E-state index in [1.807, 2.05) is 6.92 Å². The number of hydrogen-bond donors (Lipinski definition) is 0. The summed E-state index contributed by atoms with van der Waals surface area (Å²) in [5, 5.41) is 1.13. The van der Waals surface area contributed by atoms with E-state index < -0.39 is 0 Å². The van der Waals surface area contributed by atoms with Gasteiger partial charge in [-0.3, -0.25) is 4.79 Å². The summed E-state index contributed by atoms with van der Waals surface area (Å²) in [6, 6.07) is 5.25. The Kier molecular flexibility index (Phi) is 3.66. The number of halogens is 2. The zero-order valence-electron chi connectivity index (χ0n) is 8.74. The molecule has 6 heteroatoms. The second-order valence-electron chi connectivity index (χ2n) is 3.26. The highest BCUT2D eigenvalue weighted by Gasteiger charge is 2.11. The van der Waals surface area contributed by atoms with Gasteiger partial charge >= 0.3 is 0 Å². The summed E-state index contributed by atoms with van der Waals surface area (Å²) < 4.78 is 5.53. The number of aldehydes is 1. The standard InChI is InChI=1S/C11H7Cl2NO2S/c1-6-4-7(12)2-3-8(6)16-11-14-10(13)9(5-15)17-11/h2-5H,1H3. The normalized spacial score (nSPS) is 10.3. The number of carbonyl (C=O) groups is 1. The van der Waals surface area contributed by atoms with Crippen molar-refractivity contribution in [1.82, 2.24) is 4.98 Å². The number of aromatic nitrogens is 1. The highest BCUT2D eigenvalue weighted by Crippen LogP contribution is 2.32. The lowest BCUT2D eigenvalue weighted by Crippen LogP contribution is -1.86. The predicted octanol–water partition coefficient (Wildman–Crippen LogP) is 4.36. The van der Waals surface area contributed by atoms with E-state index in [-0.39, 0.29) is 5.15 Å². The molecule has 0 saturated carbocycles. The molecule has 2 aromatic rings. The summed E-state index contributed by atoms with van der Waals surface area (Å²) in [6.45, 7) is 1.87. The maximum atomic E-state index is 10.6. The smallest absolute Gasteiger partial charge is 0.280 e. The molecular formula is C11H7Cl2NO2S. The molecule has 17 heavy (non-hydrogen) atoms. The Balaban J connectivity index is 2.28. The van der Waals surface area contributed by atoms with Gasteiger partial charge in [0.2, 0.25) is 0 Å². The summed E-state index contributed by atoms with van der Waals surface area (Å²) >= 11 is 12.7. The molecule has 0 unspecified atom stereocenters. The van der Waals surface area contributed by atoms with Crippen LogP contribution in [0.3, 0.4) is 0 Å². The van der Waals surface area contributed by atoms with Crippen LogP contribution in [0, 0.1) is 6.92 Å². The van der Waals surface area contributed by atoms with Gasteiger partial charge in [-0.25, -0.2) is 0 Å². The fourth-order valence-corrected chi connectivity index (χ4v) is 2.38. The van der Waals surface area contributed by atoms with Crippen LogP contribution in [-0.2, 0) is 0 Å². The maximum absolute atomic E-state index is 10.6. The minimum Gasteiger partial charge on any atom is -0.431 e. The topological polar surface area (TPSA) is 39.2 Å². The van der Waals surface area contributed by atoms with Crippen LogP contribution in [0.15, 0.2) is 18.2 Å². The van der Waals surface area contributed by atoms with Gasteiger partial charge in [0.25, 0.3) is 5.19 Å². The fourth-order valence-electron chi connectivity index (χ4n) is 1.23. The van der Waals surface area contributed by atoms with Crippen LogP contribution >= 0.6 is 34.5 Å². The third kappa shape index (κ3) is 2.77. The summed E-state index contributed by atoms with van der Waals surface area (Å²) in [5.74, 6) is 0.636. The molecule has 1 heterocycles. The van der Waals surface area contributed by atoms with Crippen molar-refractivity contribution in [2.24, 2.45) is 0 Å². The average Bonchev–Trinajstić information content (AvgIpc) is 2.63. The first-order valence-corrected chi connectivity index (χ1v) is 6.23. The first kappa shape index (κ1) is 12.4. The Morgan fingerprint density at radius 1 is 1.41 bits per heavy atom. The van der Waals surface area contributed by atoms with E-state index in [1.54, 1.807) is 18.2 Å². The Hall–Kier alpha value is -1.10. The first-order chi connectivity index (χ1) is 8.10. The van der Waals surface area contributed by atoms with E-state index in [0.29, 0.717) is 27.1 Å². The Morgan fingerprint density at radius 3 is 2.76 bits per heavy atom. The van der Waals surface area contributed by atoms with Crippen molar-refractivity contribution in [3.63, 3.8) is 0 Å². The van der Waals surface area contributed by atoms with Gasteiger partial charge in [0.1, 0.15) is 10.6 Å². The molecule has 2 rings (SSSR count). The lowest BCUT2D eigenvalue weighted by atomic mass is 10.2. The number of ether oxygens (including phenoxy) is 1. The maximum Gasteiger partial charge on any atom is 0.280 e. The van der Waals surface area contributed by atoms with Crippen LogP contribution in [0.1, 0.15) is 15.2 Å². The third-order valence-electron chi connectivity index (χ3n) is 2.03. The van der Waals surface area contributed by atoms with Gasteiger partial charge in [-0.2, -0.15) is 4.98 Å². The van der Waals surface area contributed by atoms with Crippen LogP contribution < -0.4 is 4.74 Å². The van der Waals surface area contributed by atoms with Gasteiger partial charge < -0.3 is 4.74 Å². The largest absolute Gasteiger partial charge is 0.431 e. The summed E-state index contributed by atoms with van der Waals surface area (Å²) in [4.78, 5) is 14.9. The highest BCUT2D eigenvalue weighted by atomic mass is 35.5. The molecule has 0 bridgehead atoms. The van der Waals surface area contributed by atoms with Crippen LogP contribution in [-0.4, -0.2) is 11.3 Å². The van der Waals surface area contributed by atoms with E-state index >= 15 is 0 Å². The number of carbonyl (C=O) groups excluding carboxylic acids is 1. The van der Waals surface area contributed by atoms with Gasteiger partial charge in [0.05, 0.1) is 0 Å². The van der Waals surface area contributed by atoms with Crippen molar-refractivity contribution in [1.29, 1.82) is 0 Å². The molecule has 1 aromatic carbocycles. The van der Waals surface area contributed by atoms with Gasteiger partial charge in [0, 0.05) is 5.02 Å². The Labute approximate surface area is 112 Å². The SMILES string of the molecule is Cc1cc(Cl)ccc1Oc1nc(Cl)c(C=O)s1. The molecule has 0 amide bonds. The van der Waals surface area contributed by atoms with Gasteiger partial charge in [-0.15, -0.1) is 0 Å². The monoisotopic (exact) mass is 287 g/mol.